The predicted octanol–water partition coefficient (Wildman–Crippen LogP) is 10.7. The number of rotatable bonds is 6. The zero-order valence-corrected chi connectivity index (χ0v) is 34.2. The second-order valence-electron chi connectivity index (χ2n) is 22.8. The van der Waals surface area contributed by atoms with Crippen LogP contribution in [0.5, 0.6) is 5.75 Å². The Kier molecular flexibility index (Phi) is 7.31. The highest BCUT2D eigenvalue weighted by Crippen LogP contribution is 2.74. The van der Waals surface area contributed by atoms with Crippen molar-refractivity contribution in [2.45, 2.75) is 119 Å². The van der Waals surface area contributed by atoms with Crippen molar-refractivity contribution in [3.05, 3.63) is 57.7 Å². The number of hydrogen-bond acceptors (Lipinski definition) is 5. The molecule has 12 aliphatic rings. The van der Waals surface area contributed by atoms with E-state index < -0.39 is 50.0 Å². The molecule has 10 heteroatoms. The van der Waals surface area contributed by atoms with E-state index in [1.165, 1.54) is 76.2 Å². The minimum atomic E-state index is -5.92. The minimum absolute atomic E-state index is 0.0839. The van der Waals surface area contributed by atoms with Crippen LogP contribution in [-0.4, -0.2) is 18.9 Å². The molecule has 5 nitrogen and oxygen atoms in total. The Morgan fingerprint density at radius 1 is 0.508 bits per heavy atom. The highest BCUT2D eigenvalue weighted by molar-refractivity contribution is 7.85. The monoisotopic (exact) mass is 829 g/mol. The molecule has 2 aromatic rings. The quantitative estimate of drug-likeness (QED) is 0.0723. The van der Waals surface area contributed by atoms with E-state index in [-0.39, 0.29) is 11.8 Å². The summed E-state index contributed by atoms with van der Waals surface area (Å²) in [5, 5.41) is 0. The van der Waals surface area contributed by atoms with Crippen LogP contribution in [0.1, 0.15) is 141 Å². The predicted molar refractivity (Wildman–Crippen MR) is 206 cm³/mol. The lowest BCUT2D eigenvalue weighted by Gasteiger charge is -2.42. The summed E-state index contributed by atoms with van der Waals surface area (Å²) in [7, 11) is -5.92. The third-order valence-corrected chi connectivity index (χ3v) is 22.3. The van der Waals surface area contributed by atoms with Gasteiger partial charge in [0.25, 0.3) is 0 Å². The van der Waals surface area contributed by atoms with E-state index in [0.717, 1.165) is 90.1 Å². The molecule has 314 valence electrons. The third kappa shape index (κ3) is 4.58. The van der Waals surface area contributed by atoms with E-state index in [9.17, 15) is 13.0 Å². The van der Waals surface area contributed by atoms with E-state index >= 15 is 22.4 Å². The number of carbonyl (C=O) groups is 1. The van der Waals surface area contributed by atoms with Crippen LogP contribution in [0, 0.1) is 130 Å². The molecule has 0 N–H and O–H groups in total. The Labute approximate surface area is 343 Å². The zero-order valence-electron chi connectivity index (χ0n) is 33.3. The van der Waals surface area contributed by atoms with Crippen LogP contribution in [-0.2, 0) is 10.1 Å². The van der Waals surface area contributed by atoms with E-state index in [4.69, 9.17) is 4.74 Å². The number of ether oxygens (including phenoxy) is 1. The summed E-state index contributed by atoms with van der Waals surface area (Å²) in [6.45, 7) is 0. The average Bonchev–Trinajstić information content (AvgIpc) is 4.08. The number of benzene rings is 2. The molecule has 21 atom stereocenters. The van der Waals surface area contributed by atoms with Crippen LogP contribution in [0.25, 0.3) is 0 Å². The highest BCUT2D eigenvalue weighted by atomic mass is 32.2. The van der Waals surface area contributed by atoms with Crippen LogP contribution < -0.4 is 4.74 Å². The van der Waals surface area contributed by atoms with Gasteiger partial charge >= 0.3 is 5.97 Å². The lowest BCUT2D eigenvalue weighted by Crippen LogP contribution is -2.35. The molecule has 0 heterocycles. The average molecular weight is 830 g/mol. The first-order chi connectivity index (χ1) is 28.4. The first-order valence-corrected chi connectivity index (χ1v) is 25.0. The maximum absolute atomic E-state index is 15.7. The number of fused-ring (bicyclic) bond motifs is 27. The molecular formula is C49H53F4O5S-. The van der Waals surface area contributed by atoms with Crippen molar-refractivity contribution in [3.63, 3.8) is 0 Å². The van der Waals surface area contributed by atoms with Gasteiger partial charge in [-0.1, -0.05) is 12.1 Å². The number of esters is 1. The molecule has 0 saturated heterocycles. The molecule has 0 amide bonds. The fourth-order valence-corrected chi connectivity index (χ4v) is 21.2. The standard InChI is InChI=1S/C49H54F4O5S/c50-43-45(52)48(59(55,56)57)46(53)44(51)47(43)58-49(54)42-34(29-13-26-16-32(29)40-22-5-2-19(8-22)37(26)40)10-24(28-12-25-15-31(28)39-21-4-1-18(7-21)36(25)39)11-35(42)30-14-27-17-33(30)41-23-6-3-20(9-23)38(27)41/h10-11,18-23,25-33,36-41H,1-9,12-17H2,(H,55,56,57)/p-1. The van der Waals surface area contributed by atoms with E-state index in [1.807, 2.05) is 0 Å². The van der Waals surface area contributed by atoms with Crippen molar-refractivity contribution in [1.29, 1.82) is 0 Å². The van der Waals surface area contributed by atoms with E-state index in [2.05, 4.69) is 12.1 Å². The van der Waals surface area contributed by atoms with Gasteiger partial charge in [0.05, 0.1) is 5.56 Å². The number of carbonyl (C=O) groups excluding carboxylic acids is 1. The fraction of sp³-hybridized carbons (Fsp3) is 0.735. The summed E-state index contributed by atoms with van der Waals surface area (Å²) in [5.74, 6) is 1.15. The van der Waals surface area contributed by atoms with Crippen LogP contribution in [0.2, 0.25) is 0 Å². The summed E-state index contributed by atoms with van der Waals surface area (Å²) in [4.78, 5) is 12.9. The largest absolute Gasteiger partial charge is 0.744 e. The van der Waals surface area contributed by atoms with Crippen molar-refractivity contribution >= 4 is 16.1 Å². The number of halogens is 4. The SMILES string of the molecule is O=C(Oc1c(F)c(F)c(S(=O)(=O)[O-])c(F)c1F)c1c(C2CC3CC2C2C4CCC(C4)C32)cc(C2CC3CC2C2C4CCC(C4)C32)cc1C1CC2CC1C1C3CCC(C3)C21. The molecule has 12 fully saturated rings. The van der Waals surface area contributed by atoms with Gasteiger partial charge in [-0.2, -0.15) is 8.78 Å². The highest BCUT2D eigenvalue weighted by Gasteiger charge is 2.66. The van der Waals surface area contributed by atoms with Crippen LogP contribution >= 0.6 is 0 Å². The van der Waals surface area contributed by atoms with Gasteiger partial charge in [-0.15, -0.1) is 0 Å². The molecule has 21 unspecified atom stereocenters. The van der Waals surface area contributed by atoms with Crippen molar-refractivity contribution in [2.24, 2.45) is 107 Å². The molecule has 12 bridgehead atoms. The minimum Gasteiger partial charge on any atom is -0.744 e. The molecule has 59 heavy (non-hydrogen) atoms. The molecule has 0 radical (unpaired) electrons. The Morgan fingerprint density at radius 2 is 0.881 bits per heavy atom. The lowest BCUT2D eigenvalue weighted by molar-refractivity contribution is 0.0707. The topological polar surface area (TPSA) is 83.5 Å². The van der Waals surface area contributed by atoms with Crippen LogP contribution in [0.4, 0.5) is 17.6 Å². The Morgan fingerprint density at radius 3 is 1.29 bits per heavy atom. The van der Waals surface area contributed by atoms with Gasteiger partial charge in [0.1, 0.15) is 15.0 Å². The summed E-state index contributed by atoms with van der Waals surface area (Å²) in [5.41, 5.74) is 3.52. The second kappa shape index (κ2) is 12.0. The smallest absolute Gasteiger partial charge is 0.344 e. The van der Waals surface area contributed by atoms with Gasteiger partial charge in [0.2, 0.25) is 17.4 Å². The van der Waals surface area contributed by atoms with E-state index in [0.29, 0.717) is 64.7 Å². The van der Waals surface area contributed by atoms with E-state index in [1.54, 1.807) is 0 Å². The summed E-state index contributed by atoms with van der Waals surface area (Å²) in [6, 6.07) is 4.63. The van der Waals surface area contributed by atoms with Gasteiger partial charge in [0, 0.05) is 0 Å². The maximum Gasteiger partial charge on any atom is 0.344 e. The molecule has 0 aliphatic heterocycles. The van der Waals surface area contributed by atoms with Crippen molar-refractivity contribution < 1.29 is 40.1 Å². The third-order valence-electron chi connectivity index (χ3n) is 21.5. The first kappa shape index (κ1) is 36.1. The Hall–Kier alpha value is -2.46. The normalized spacial score (nSPS) is 49.5. The lowest BCUT2D eigenvalue weighted by atomic mass is 9.62. The molecule has 14 rings (SSSR count). The molecule has 12 aliphatic carbocycles. The molecule has 0 aromatic heterocycles. The molecule has 2 aromatic carbocycles. The zero-order chi connectivity index (χ0) is 39.7. The Bertz CT molecular complexity index is 2240. The van der Waals surface area contributed by atoms with Crippen LogP contribution in [0.3, 0.4) is 0 Å². The van der Waals surface area contributed by atoms with Gasteiger partial charge in [-0.3, -0.25) is 0 Å². The first-order valence-electron chi connectivity index (χ1n) is 23.6. The van der Waals surface area contributed by atoms with Crippen molar-refractivity contribution in [1.82, 2.24) is 0 Å². The van der Waals surface area contributed by atoms with Crippen molar-refractivity contribution in [2.75, 3.05) is 0 Å². The molecule has 0 spiro atoms. The Balaban J connectivity index is 0.932. The van der Waals surface area contributed by atoms with Gasteiger partial charge in [0.15, 0.2) is 11.6 Å². The maximum atomic E-state index is 15.7. The van der Waals surface area contributed by atoms with Gasteiger partial charge in [-0.25, -0.2) is 22.0 Å². The molecular weight excluding hydrogens is 777 g/mol. The molecule has 12 saturated carbocycles. The second-order valence-corrected chi connectivity index (χ2v) is 24.1. The number of hydrogen-bond donors (Lipinski definition) is 0. The summed E-state index contributed by atoms with van der Waals surface area (Å²) >= 11 is 0. The fourth-order valence-electron chi connectivity index (χ4n) is 20.6. The van der Waals surface area contributed by atoms with Gasteiger partial charge < -0.3 is 9.29 Å². The van der Waals surface area contributed by atoms with Crippen LogP contribution in [0.15, 0.2) is 17.0 Å². The van der Waals surface area contributed by atoms with Gasteiger partial charge in [-0.05, 0) is 237 Å². The summed E-state index contributed by atoms with van der Waals surface area (Å²) in [6.07, 6.45) is 18.5. The summed E-state index contributed by atoms with van der Waals surface area (Å²) < 4.78 is 102. The van der Waals surface area contributed by atoms with Crippen molar-refractivity contribution in [3.8, 4) is 5.75 Å².